The number of rotatable bonds is 8. The van der Waals surface area contributed by atoms with E-state index in [1.54, 1.807) is 0 Å². The Balaban J connectivity index is 2.79. The highest BCUT2D eigenvalue weighted by Gasteiger charge is 2.23. The van der Waals surface area contributed by atoms with Gasteiger partial charge in [-0.3, -0.25) is 4.68 Å². The summed E-state index contributed by atoms with van der Waals surface area (Å²) < 4.78 is 49.0. The molecule has 0 unspecified atom stereocenters. The van der Waals surface area contributed by atoms with E-state index >= 15 is 0 Å². The normalized spacial score (nSPS) is 13.0. The molecule has 2 N–H and O–H groups in total. The molecule has 0 saturated carbocycles. The van der Waals surface area contributed by atoms with Gasteiger partial charge in [0.05, 0.1) is 11.9 Å². The summed E-state index contributed by atoms with van der Waals surface area (Å²) in [5, 5.41) is 3.95. The lowest BCUT2D eigenvalue weighted by Crippen LogP contribution is -2.31. The summed E-state index contributed by atoms with van der Waals surface area (Å²) in [6, 6.07) is 0. The second kappa shape index (κ2) is 6.66. The highest BCUT2D eigenvalue weighted by Crippen LogP contribution is 2.13. The molecule has 0 bridgehead atoms. The number of sulfonamides is 1. The van der Waals surface area contributed by atoms with Crippen LogP contribution in [-0.4, -0.2) is 63.1 Å². The van der Waals surface area contributed by atoms with Gasteiger partial charge in [-0.05, 0) is 13.0 Å². The standard InChI is InChI=1S/C10H20N4O4S2/c1-13(6-7-19(2,15)16)20(17,18)10-8-12-14(9-10)5-3-4-11/h8-9H,3-7,11H2,1-2H3. The molecule has 20 heavy (non-hydrogen) atoms. The summed E-state index contributed by atoms with van der Waals surface area (Å²) >= 11 is 0. The Bertz CT molecular complexity index is 636. The second-order valence-electron chi connectivity index (χ2n) is 4.54. The van der Waals surface area contributed by atoms with E-state index in [2.05, 4.69) is 5.10 Å². The Morgan fingerprint density at radius 3 is 2.55 bits per heavy atom. The van der Waals surface area contributed by atoms with Crippen LogP contribution < -0.4 is 5.73 Å². The molecule has 0 radical (unpaired) electrons. The minimum atomic E-state index is -3.71. The Morgan fingerprint density at radius 2 is 2.00 bits per heavy atom. The van der Waals surface area contributed by atoms with E-state index in [1.807, 2.05) is 0 Å². The predicted octanol–water partition coefficient (Wildman–Crippen LogP) is -1.10. The smallest absolute Gasteiger partial charge is 0.245 e. The Labute approximate surface area is 119 Å². The van der Waals surface area contributed by atoms with Crippen LogP contribution in [0.2, 0.25) is 0 Å². The van der Waals surface area contributed by atoms with Crippen molar-refractivity contribution in [1.82, 2.24) is 14.1 Å². The fourth-order valence-electron chi connectivity index (χ4n) is 1.45. The molecule has 0 aliphatic heterocycles. The first kappa shape index (κ1) is 17.1. The van der Waals surface area contributed by atoms with Gasteiger partial charge in [0.2, 0.25) is 10.0 Å². The summed E-state index contributed by atoms with van der Waals surface area (Å²) in [6.07, 6.45) is 4.44. The van der Waals surface area contributed by atoms with Gasteiger partial charge in [0.25, 0.3) is 0 Å². The van der Waals surface area contributed by atoms with Gasteiger partial charge in [-0.1, -0.05) is 0 Å². The second-order valence-corrected chi connectivity index (χ2v) is 8.84. The molecule has 10 heteroatoms. The van der Waals surface area contributed by atoms with Crippen LogP contribution in [0.15, 0.2) is 17.3 Å². The van der Waals surface area contributed by atoms with Crippen molar-refractivity contribution < 1.29 is 16.8 Å². The largest absolute Gasteiger partial charge is 0.330 e. The van der Waals surface area contributed by atoms with Crippen molar-refractivity contribution in [2.24, 2.45) is 5.73 Å². The number of sulfone groups is 1. The van der Waals surface area contributed by atoms with Gasteiger partial charge in [0, 0.05) is 32.6 Å². The molecule has 1 aromatic rings. The monoisotopic (exact) mass is 324 g/mol. The van der Waals surface area contributed by atoms with Gasteiger partial charge in [-0.25, -0.2) is 16.8 Å². The molecule has 0 aliphatic carbocycles. The summed E-state index contributed by atoms with van der Waals surface area (Å²) in [6.45, 7) is 0.949. The first-order valence-electron chi connectivity index (χ1n) is 6.03. The van der Waals surface area contributed by atoms with Crippen molar-refractivity contribution in [1.29, 1.82) is 0 Å². The fourth-order valence-corrected chi connectivity index (χ4v) is 3.30. The minimum Gasteiger partial charge on any atom is -0.330 e. The lowest BCUT2D eigenvalue weighted by Gasteiger charge is -2.15. The van der Waals surface area contributed by atoms with Gasteiger partial charge in [-0.15, -0.1) is 0 Å². The quantitative estimate of drug-likeness (QED) is 0.649. The summed E-state index contributed by atoms with van der Waals surface area (Å²) in [5.74, 6) is -0.218. The third-order valence-corrected chi connectivity index (χ3v) is 5.42. The van der Waals surface area contributed by atoms with Gasteiger partial charge < -0.3 is 5.73 Å². The van der Waals surface area contributed by atoms with Gasteiger partial charge in [0.15, 0.2) is 0 Å². The SMILES string of the molecule is CN(CCS(C)(=O)=O)S(=O)(=O)c1cnn(CCCN)c1. The molecule has 1 rings (SSSR count). The average Bonchev–Trinajstić information content (AvgIpc) is 2.81. The van der Waals surface area contributed by atoms with E-state index in [4.69, 9.17) is 5.73 Å². The molecule has 8 nitrogen and oxygen atoms in total. The van der Waals surface area contributed by atoms with Crippen LogP contribution in [0.25, 0.3) is 0 Å². The Hall–Kier alpha value is -0.970. The first-order chi connectivity index (χ1) is 9.16. The number of aromatic nitrogens is 2. The van der Waals surface area contributed by atoms with Gasteiger partial charge in [0.1, 0.15) is 14.7 Å². The maximum Gasteiger partial charge on any atom is 0.245 e. The number of hydrogen-bond acceptors (Lipinski definition) is 6. The lowest BCUT2D eigenvalue weighted by atomic mass is 10.4. The van der Waals surface area contributed by atoms with E-state index in [1.165, 1.54) is 24.1 Å². The van der Waals surface area contributed by atoms with Crippen LogP contribution in [0.5, 0.6) is 0 Å². The molecule has 0 aromatic carbocycles. The van der Waals surface area contributed by atoms with E-state index < -0.39 is 19.9 Å². The van der Waals surface area contributed by atoms with Crippen LogP contribution in [0.3, 0.4) is 0 Å². The van der Waals surface area contributed by atoms with Crippen molar-refractivity contribution in [2.45, 2.75) is 17.9 Å². The van der Waals surface area contributed by atoms with Crippen LogP contribution in [-0.2, 0) is 26.4 Å². The van der Waals surface area contributed by atoms with Crippen molar-refractivity contribution in [2.75, 3.05) is 32.1 Å². The van der Waals surface area contributed by atoms with Crippen LogP contribution >= 0.6 is 0 Å². The molecule has 0 atom stereocenters. The van der Waals surface area contributed by atoms with Crippen molar-refractivity contribution in [3.05, 3.63) is 12.4 Å². The van der Waals surface area contributed by atoms with Crippen LogP contribution in [0.4, 0.5) is 0 Å². The molecule has 1 aromatic heterocycles. The van der Waals surface area contributed by atoms with E-state index in [-0.39, 0.29) is 17.2 Å². The molecule has 116 valence electrons. The summed E-state index contributed by atoms with van der Waals surface area (Å²) in [7, 11) is -5.58. The first-order valence-corrected chi connectivity index (χ1v) is 9.53. The van der Waals surface area contributed by atoms with Gasteiger partial charge >= 0.3 is 0 Å². The average molecular weight is 324 g/mol. The highest BCUT2D eigenvalue weighted by molar-refractivity contribution is 7.91. The van der Waals surface area contributed by atoms with Crippen LogP contribution in [0, 0.1) is 0 Å². The number of nitrogens with zero attached hydrogens (tertiary/aromatic N) is 3. The maximum absolute atomic E-state index is 12.2. The van der Waals surface area contributed by atoms with E-state index in [0.717, 1.165) is 10.6 Å². The molecule has 0 aliphatic rings. The molecule has 0 spiro atoms. The highest BCUT2D eigenvalue weighted by atomic mass is 32.2. The molecular formula is C10H20N4O4S2. The topological polar surface area (TPSA) is 115 Å². The maximum atomic E-state index is 12.2. The Kier molecular flexibility index (Phi) is 5.68. The number of aryl methyl sites for hydroxylation is 1. The summed E-state index contributed by atoms with van der Waals surface area (Å²) in [5.41, 5.74) is 5.37. The molecular weight excluding hydrogens is 304 g/mol. The zero-order valence-corrected chi connectivity index (χ0v) is 13.2. The zero-order chi connectivity index (χ0) is 15.4. The molecule has 0 fully saturated rings. The molecule has 0 amide bonds. The van der Waals surface area contributed by atoms with E-state index in [0.29, 0.717) is 19.5 Å². The zero-order valence-electron chi connectivity index (χ0n) is 11.6. The fraction of sp³-hybridized carbons (Fsp3) is 0.700. The number of nitrogens with two attached hydrogens (primary N) is 1. The van der Waals surface area contributed by atoms with Gasteiger partial charge in [-0.2, -0.15) is 9.40 Å². The van der Waals surface area contributed by atoms with Crippen molar-refractivity contribution >= 4 is 19.9 Å². The predicted molar refractivity (Wildman–Crippen MR) is 75.4 cm³/mol. The number of hydrogen-bond donors (Lipinski definition) is 1. The minimum absolute atomic E-state index is 0.0468. The van der Waals surface area contributed by atoms with Crippen LogP contribution in [0.1, 0.15) is 6.42 Å². The molecule has 1 heterocycles. The van der Waals surface area contributed by atoms with Crippen molar-refractivity contribution in [3.63, 3.8) is 0 Å². The molecule has 0 saturated heterocycles. The van der Waals surface area contributed by atoms with E-state index in [9.17, 15) is 16.8 Å². The Morgan fingerprint density at radius 1 is 1.35 bits per heavy atom. The summed E-state index contributed by atoms with van der Waals surface area (Å²) in [4.78, 5) is 0.0468. The third kappa shape index (κ3) is 4.85. The van der Waals surface area contributed by atoms with Crippen molar-refractivity contribution in [3.8, 4) is 0 Å². The lowest BCUT2D eigenvalue weighted by molar-refractivity contribution is 0.484. The third-order valence-electron chi connectivity index (χ3n) is 2.69.